The Labute approximate surface area is 138 Å². The molecule has 7 heteroatoms. The molecule has 2 heterocycles. The standard InChI is InChI=1S/C15H16Cl2N4O/c16-12-7-11(8-13(17)9-12)15(22)21-5-2-1-3-14(21)10-20-6-4-18-19-20/h4,6-9,14H,1-3,5,10H2/t14-/m0/s1. The van der Waals surface area contributed by atoms with E-state index in [0.717, 1.165) is 25.8 Å². The Hall–Kier alpha value is -1.59. The van der Waals surface area contributed by atoms with Gasteiger partial charge in [0, 0.05) is 28.4 Å². The molecule has 5 nitrogen and oxygen atoms in total. The largest absolute Gasteiger partial charge is 0.334 e. The smallest absolute Gasteiger partial charge is 0.254 e. The van der Waals surface area contributed by atoms with Gasteiger partial charge in [0.05, 0.1) is 18.8 Å². The predicted octanol–water partition coefficient (Wildman–Crippen LogP) is 3.28. The monoisotopic (exact) mass is 338 g/mol. The molecule has 0 bridgehead atoms. The number of piperidine rings is 1. The predicted molar refractivity (Wildman–Crippen MR) is 85.2 cm³/mol. The van der Waals surface area contributed by atoms with Crippen molar-refractivity contribution in [2.45, 2.75) is 31.8 Å². The van der Waals surface area contributed by atoms with Crippen molar-refractivity contribution >= 4 is 29.1 Å². The Balaban J connectivity index is 1.81. The molecular weight excluding hydrogens is 323 g/mol. The van der Waals surface area contributed by atoms with Crippen molar-refractivity contribution in [3.05, 3.63) is 46.2 Å². The van der Waals surface area contributed by atoms with Gasteiger partial charge in [0.25, 0.3) is 5.91 Å². The van der Waals surface area contributed by atoms with E-state index in [0.29, 0.717) is 22.2 Å². The van der Waals surface area contributed by atoms with Crippen molar-refractivity contribution < 1.29 is 4.79 Å². The van der Waals surface area contributed by atoms with Crippen molar-refractivity contribution in [2.24, 2.45) is 0 Å². The van der Waals surface area contributed by atoms with E-state index >= 15 is 0 Å². The second kappa shape index (κ2) is 6.67. The third kappa shape index (κ3) is 3.42. The van der Waals surface area contributed by atoms with Crippen LogP contribution >= 0.6 is 23.2 Å². The lowest BCUT2D eigenvalue weighted by molar-refractivity contribution is 0.0583. The van der Waals surface area contributed by atoms with Crippen LogP contribution in [0.2, 0.25) is 10.0 Å². The summed E-state index contributed by atoms with van der Waals surface area (Å²) in [6, 6.07) is 5.07. The number of aromatic nitrogens is 3. The third-order valence-corrected chi connectivity index (χ3v) is 4.30. The van der Waals surface area contributed by atoms with Gasteiger partial charge in [0.15, 0.2) is 0 Å². The molecule has 0 N–H and O–H groups in total. The van der Waals surface area contributed by atoms with Crippen LogP contribution < -0.4 is 0 Å². The average molecular weight is 339 g/mol. The summed E-state index contributed by atoms with van der Waals surface area (Å²) < 4.78 is 1.77. The maximum atomic E-state index is 12.8. The van der Waals surface area contributed by atoms with Crippen molar-refractivity contribution in [1.29, 1.82) is 0 Å². The van der Waals surface area contributed by atoms with Crippen molar-refractivity contribution in [1.82, 2.24) is 19.9 Å². The van der Waals surface area contributed by atoms with E-state index in [9.17, 15) is 4.79 Å². The first-order valence-electron chi connectivity index (χ1n) is 7.24. The van der Waals surface area contributed by atoms with E-state index in [1.54, 1.807) is 29.1 Å². The van der Waals surface area contributed by atoms with Crippen molar-refractivity contribution in [3.63, 3.8) is 0 Å². The fraction of sp³-hybridized carbons (Fsp3) is 0.400. The molecule has 1 aliphatic rings. The number of nitrogens with zero attached hydrogens (tertiary/aromatic N) is 4. The highest BCUT2D eigenvalue weighted by atomic mass is 35.5. The maximum Gasteiger partial charge on any atom is 0.254 e. The number of hydrogen-bond donors (Lipinski definition) is 0. The van der Waals surface area contributed by atoms with E-state index in [2.05, 4.69) is 10.3 Å². The Bertz CT molecular complexity index is 639. The van der Waals surface area contributed by atoms with Gasteiger partial charge in [-0.15, -0.1) is 5.10 Å². The fourth-order valence-corrected chi connectivity index (χ4v) is 3.37. The van der Waals surface area contributed by atoms with Crippen LogP contribution in [0, 0.1) is 0 Å². The Morgan fingerprint density at radius 1 is 1.23 bits per heavy atom. The molecule has 1 aliphatic heterocycles. The first kappa shape index (κ1) is 15.3. The molecule has 0 saturated carbocycles. The number of rotatable bonds is 3. The summed E-state index contributed by atoms with van der Waals surface area (Å²) >= 11 is 12.0. The van der Waals surface area contributed by atoms with Crippen LogP contribution in [0.1, 0.15) is 29.6 Å². The van der Waals surface area contributed by atoms with Crippen LogP contribution in [0.4, 0.5) is 0 Å². The summed E-state index contributed by atoms with van der Waals surface area (Å²) in [4.78, 5) is 14.7. The van der Waals surface area contributed by atoms with Crippen LogP contribution in [-0.2, 0) is 6.54 Å². The zero-order valence-corrected chi connectivity index (χ0v) is 13.5. The van der Waals surface area contributed by atoms with E-state index in [1.807, 2.05) is 11.1 Å². The molecular formula is C15H16Cl2N4O. The highest BCUT2D eigenvalue weighted by Crippen LogP contribution is 2.24. The number of carbonyl (C=O) groups excluding carboxylic acids is 1. The molecule has 1 fully saturated rings. The maximum absolute atomic E-state index is 12.8. The normalized spacial score (nSPS) is 18.5. The van der Waals surface area contributed by atoms with Gasteiger partial charge < -0.3 is 4.90 Å². The minimum absolute atomic E-state index is 0.0331. The van der Waals surface area contributed by atoms with Crippen LogP contribution in [0.3, 0.4) is 0 Å². The lowest BCUT2D eigenvalue weighted by atomic mass is 10.0. The van der Waals surface area contributed by atoms with E-state index in [1.165, 1.54) is 0 Å². The SMILES string of the molecule is O=C(c1cc(Cl)cc(Cl)c1)N1CCCC[C@H]1Cn1ccnn1. The minimum atomic E-state index is -0.0331. The average Bonchev–Trinajstić information content (AvgIpc) is 2.99. The lowest BCUT2D eigenvalue weighted by Gasteiger charge is -2.35. The van der Waals surface area contributed by atoms with E-state index < -0.39 is 0 Å². The lowest BCUT2D eigenvalue weighted by Crippen LogP contribution is -2.46. The topological polar surface area (TPSA) is 51.0 Å². The number of halogens is 2. The van der Waals surface area contributed by atoms with Crippen molar-refractivity contribution in [3.8, 4) is 0 Å². The molecule has 116 valence electrons. The summed E-state index contributed by atoms with van der Waals surface area (Å²) in [6.07, 6.45) is 6.53. The Morgan fingerprint density at radius 3 is 2.68 bits per heavy atom. The third-order valence-electron chi connectivity index (χ3n) is 3.87. The van der Waals surface area contributed by atoms with Gasteiger partial charge in [-0.2, -0.15) is 0 Å². The molecule has 3 rings (SSSR count). The summed E-state index contributed by atoms with van der Waals surface area (Å²) in [5, 5.41) is 8.75. The van der Waals surface area contributed by atoms with Gasteiger partial charge in [-0.05, 0) is 37.5 Å². The first-order valence-corrected chi connectivity index (χ1v) is 8.00. The Kier molecular flexibility index (Phi) is 4.64. The van der Waals surface area contributed by atoms with Gasteiger partial charge >= 0.3 is 0 Å². The zero-order chi connectivity index (χ0) is 15.5. The molecule has 0 unspecified atom stereocenters. The van der Waals surface area contributed by atoms with Crippen molar-refractivity contribution in [2.75, 3.05) is 6.54 Å². The zero-order valence-electron chi connectivity index (χ0n) is 12.0. The molecule has 1 amide bonds. The summed E-state index contributed by atoms with van der Waals surface area (Å²) in [5.74, 6) is -0.0331. The molecule has 0 radical (unpaired) electrons. The van der Waals surface area contributed by atoms with Gasteiger partial charge in [-0.1, -0.05) is 28.4 Å². The quantitative estimate of drug-likeness (QED) is 0.862. The minimum Gasteiger partial charge on any atom is -0.334 e. The highest BCUT2D eigenvalue weighted by Gasteiger charge is 2.28. The van der Waals surface area contributed by atoms with Crippen LogP contribution in [0.25, 0.3) is 0 Å². The molecule has 1 aromatic heterocycles. The van der Waals surface area contributed by atoms with Crippen LogP contribution in [-0.4, -0.2) is 38.4 Å². The fourth-order valence-electron chi connectivity index (χ4n) is 2.85. The molecule has 1 aromatic carbocycles. The number of benzene rings is 1. The van der Waals surface area contributed by atoms with Crippen LogP contribution in [0.5, 0.6) is 0 Å². The molecule has 1 atom stereocenters. The molecule has 0 aliphatic carbocycles. The number of likely N-dealkylation sites (tertiary alicyclic amines) is 1. The highest BCUT2D eigenvalue weighted by molar-refractivity contribution is 6.35. The molecule has 0 spiro atoms. The molecule has 2 aromatic rings. The summed E-state index contributed by atoms with van der Waals surface area (Å²) in [5.41, 5.74) is 0.531. The Morgan fingerprint density at radius 2 is 2.00 bits per heavy atom. The number of amides is 1. The van der Waals surface area contributed by atoms with Crippen LogP contribution in [0.15, 0.2) is 30.6 Å². The molecule has 1 saturated heterocycles. The van der Waals surface area contributed by atoms with E-state index in [-0.39, 0.29) is 11.9 Å². The van der Waals surface area contributed by atoms with E-state index in [4.69, 9.17) is 23.2 Å². The second-order valence-electron chi connectivity index (χ2n) is 5.43. The molecule has 22 heavy (non-hydrogen) atoms. The van der Waals surface area contributed by atoms with Gasteiger partial charge in [-0.25, -0.2) is 0 Å². The van der Waals surface area contributed by atoms with Gasteiger partial charge in [0.2, 0.25) is 0 Å². The number of carbonyl (C=O) groups is 1. The second-order valence-corrected chi connectivity index (χ2v) is 6.30. The summed E-state index contributed by atoms with van der Waals surface area (Å²) in [7, 11) is 0. The van der Waals surface area contributed by atoms with Gasteiger partial charge in [0.1, 0.15) is 0 Å². The van der Waals surface area contributed by atoms with Gasteiger partial charge in [-0.3, -0.25) is 9.48 Å². The summed E-state index contributed by atoms with van der Waals surface area (Å²) in [6.45, 7) is 1.39. The number of hydrogen-bond acceptors (Lipinski definition) is 3. The first-order chi connectivity index (χ1) is 10.6.